The van der Waals surface area contributed by atoms with Gasteiger partial charge in [0.2, 0.25) is 0 Å². The van der Waals surface area contributed by atoms with Crippen LogP contribution in [-0.4, -0.2) is 23.3 Å². The van der Waals surface area contributed by atoms with Crippen molar-refractivity contribution in [3.63, 3.8) is 0 Å². The first kappa shape index (κ1) is 17.1. The van der Waals surface area contributed by atoms with Gasteiger partial charge in [-0.05, 0) is 31.2 Å². The van der Waals surface area contributed by atoms with E-state index in [0.717, 1.165) is 12.0 Å². The average Bonchev–Trinajstić information content (AvgIpc) is 3.14. The van der Waals surface area contributed by atoms with Gasteiger partial charge in [-0.3, -0.25) is 9.59 Å². The van der Waals surface area contributed by atoms with E-state index in [4.69, 9.17) is 15.9 Å². The molecule has 0 spiro atoms. The first-order valence-corrected chi connectivity index (χ1v) is 8.47. The van der Waals surface area contributed by atoms with Gasteiger partial charge in [0.25, 0.3) is 0 Å². The van der Waals surface area contributed by atoms with Crippen LogP contribution in [0.15, 0.2) is 30.3 Å². The van der Waals surface area contributed by atoms with Gasteiger partial charge in [0.1, 0.15) is 13.2 Å². The summed E-state index contributed by atoms with van der Waals surface area (Å²) < 4.78 is 11.3. The van der Waals surface area contributed by atoms with Crippen molar-refractivity contribution in [3.05, 3.63) is 35.9 Å². The molecule has 2 saturated carbocycles. The van der Waals surface area contributed by atoms with Gasteiger partial charge in [-0.2, -0.15) is 0 Å². The van der Waals surface area contributed by atoms with Crippen LogP contribution in [0.25, 0.3) is 0 Å². The third kappa shape index (κ3) is 2.97. The highest BCUT2D eigenvalue weighted by Crippen LogP contribution is 2.62. The number of terminal acetylenes is 1. The Hall–Kier alpha value is -1.77. The van der Waals surface area contributed by atoms with Crippen LogP contribution in [0.4, 0.5) is 0 Å². The van der Waals surface area contributed by atoms with Crippen molar-refractivity contribution >= 4 is 23.7 Å². The predicted molar refractivity (Wildman–Crippen MR) is 92.1 cm³/mol. The number of fused-ring (bicyclic) bond motifs is 2. The van der Waals surface area contributed by atoms with Crippen LogP contribution >= 0.6 is 12.6 Å². The summed E-state index contributed by atoms with van der Waals surface area (Å²) in [6.45, 7) is 0.383. The molecule has 2 aliphatic rings. The van der Waals surface area contributed by atoms with Crippen LogP contribution in [-0.2, 0) is 25.7 Å². The lowest BCUT2D eigenvalue weighted by molar-refractivity contribution is -0.157. The van der Waals surface area contributed by atoms with Gasteiger partial charge in [-0.25, -0.2) is 0 Å². The van der Waals surface area contributed by atoms with Gasteiger partial charge in [-0.15, -0.1) is 19.1 Å². The fraction of sp³-hybridized carbons (Fsp3) is 0.474. The summed E-state index contributed by atoms with van der Waals surface area (Å²) >= 11 is 4.06. The molecule has 3 atom stereocenters. The number of benzene rings is 1. The Kier molecular flexibility index (Phi) is 4.71. The van der Waals surface area contributed by atoms with E-state index in [-0.39, 0.29) is 24.3 Å². The van der Waals surface area contributed by atoms with E-state index in [1.165, 1.54) is 0 Å². The lowest BCUT2D eigenvalue weighted by Gasteiger charge is -2.32. The van der Waals surface area contributed by atoms with E-state index < -0.39 is 16.9 Å². The number of carbonyl (C=O) groups excluding carboxylic acids is 2. The number of hydrogen-bond acceptors (Lipinski definition) is 4. The zero-order valence-corrected chi connectivity index (χ0v) is 14.3. The molecule has 0 amide bonds. The second-order valence-corrected chi connectivity index (χ2v) is 7.07. The highest BCUT2D eigenvalue weighted by molar-refractivity contribution is 7.96. The molecule has 1 aromatic carbocycles. The molecule has 2 aliphatic carbocycles. The van der Waals surface area contributed by atoms with E-state index in [1.807, 2.05) is 30.3 Å². The quantitative estimate of drug-likeness (QED) is 0.490. The van der Waals surface area contributed by atoms with Gasteiger partial charge < -0.3 is 9.47 Å². The Morgan fingerprint density at radius 3 is 2.71 bits per heavy atom. The molecule has 3 unspecified atom stereocenters. The van der Waals surface area contributed by atoms with Crippen molar-refractivity contribution < 1.29 is 19.1 Å². The summed E-state index contributed by atoms with van der Waals surface area (Å²) in [5, 5.41) is -0.257. The average molecular weight is 344 g/mol. The van der Waals surface area contributed by atoms with Crippen LogP contribution in [0.3, 0.4) is 0 Å². The highest BCUT2D eigenvalue weighted by atomic mass is 32.1. The van der Waals surface area contributed by atoms with Crippen molar-refractivity contribution in [2.45, 2.75) is 37.9 Å². The van der Waals surface area contributed by atoms with Crippen molar-refractivity contribution in [1.82, 2.24) is 0 Å². The minimum Gasteiger partial charge on any atom is -0.461 e. The Morgan fingerprint density at radius 2 is 2.04 bits per heavy atom. The van der Waals surface area contributed by atoms with E-state index in [1.54, 1.807) is 0 Å². The first-order chi connectivity index (χ1) is 11.5. The van der Waals surface area contributed by atoms with Crippen LogP contribution in [0.5, 0.6) is 0 Å². The van der Waals surface area contributed by atoms with Crippen molar-refractivity contribution in [2.24, 2.45) is 11.3 Å². The molecule has 4 nitrogen and oxygen atoms in total. The molecule has 0 radical (unpaired) electrons. The number of carbonyl (C=O) groups is 2. The molecule has 0 N–H and O–H groups in total. The molecule has 1 aromatic rings. The molecule has 0 aromatic heterocycles. The van der Waals surface area contributed by atoms with Crippen molar-refractivity contribution in [3.8, 4) is 12.3 Å². The summed E-state index contributed by atoms with van der Waals surface area (Å²) in [7, 11) is 0. The fourth-order valence-electron chi connectivity index (χ4n) is 4.09. The zero-order chi connectivity index (χ0) is 17.2. The lowest BCUT2D eigenvalue weighted by atomic mass is 9.75. The molecular weight excluding hydrogens is 324 g/mol. The minimum absolute atomic E-state index is 0.183. The molecule has 3 rings (SSSR count). The predicted octanol–water partition coefficient (Wildman–Crippen LogP) is 2.77. The monoisotopic (exact) mass is 344 g/mol. The molecule has 2 fully saturated rings. The molecule has 126 valence electrons. The minimum atomic E-state index is -0.786. The van der Waals surface area contributed by atoms with Gasteiger partial charge in [0.05, 0.1) is 16.9 Å². The maximum Gasteiger partial charge on any atom is 0.310 e. The SMILES string of the molecule is C#CCOC12CCC(C(=O)S)(C1)C(C(=O)OCc1ccccc1)C2. The Balaban J connectivity index is 1.73. The van der Waals surface area contributed by atoms with Crippen LogP contribution < -0.4 is 0 Å². The second-order valence-electron chi connectivity index (χ2n) is 6.66. The van der Waals surface area contributed by atoms with Crippen LogP contribution in [0.2, 0.25) is 0 Å². The largest absolute Gasteiger partial charge is 0.461 e. The third-order valence-corrected chi connectivity index (χ3v) is 5.75. The lowest BCUT2D eigenvalue weighted by Crippen LogP contribution is -2.38. The summed E-state index contributed by atoms with van der Waals surface area (Å²) in [6.07, 6.45) is 7.56. The van der Waals surface area contributed by atoms with E-state index >= 15 is 0 Å². The van der Waals surface area contributed by atoms with E-state index in [0.29, 0.717) is 19.3 Å². The van der Waals surface area contributed by atoms with Gasteiger partial charge in [0, 0.05) is 0 Å². The van der Waals surface area contributed by atoms with E-state index in [9.17, 15) is 9.59 Å². The van der Waals surface area contributed by atoms with Crippen LogP contribution in [0, 0.1) is 23.7 Å². The molecule has 24 heavy (non-hydrogen) atoms. The first-order valence-electron chi connectivity index (χ1n) is 8.03. The fourth-order valence-corrected chi connectivity index (χ4v) is 4.43. The molecule has 5 heteroatoms. The molecule has 0 heterocycles. The summed E-state index contributed by atoms with van der Waals surface area (Å²) in [4.78, 5) is 24.8. The maximum atomic E-state index is 12.6. The molecule has 0 aliphatic heterocycles. The number of rotatable bonds is 6. The Bertz CT molecular complexity index is 680. The smallest absolute Gasteiger partial charge is 0.310 e. The molecule has 0 saturated heterocycles. The maximum absolute atomic E-state index is 12.6. The third-order valence-electron chi connectivity index (χ3n) is 5.30. The summed E-state index contributed by atoms with van der Waals surface area (Å²) in [5.41, 5.74) is -0.370. The number of ether oxygens (including phenoxy) is 2. The van der Waals surface area contributed by atoms with Gasteiger partial charge in [0.15, 0.2) is 5.12 Å². The highest BCUT2D eigenvalue weighted by Gasteiger charge is 2.66. The van der Waals surface area contributed by atoms with Crippen LogP contribution in [0.1, 0.15) is 31.2 Å². The summed E-state index contributed by atoms with van der Waals surface area (Å²) in [6, 6.07) is 9.48. The normalized spacial score (nSPS) is 30.8. The molecule has 2 bridgehead atoms. The Morgan fingerprint density at radius 1 is 1.29 bits per heavy atom. The van der Waals surface area contributed by atoms with Crippen molar-refractivity contribution in [1.29, 1.82) is 0 Å². The Labute approximate surface area is 147 Å². The van der Waals surface area contributed by atoms with Gasteiger partial charge >= 0.3 is 5.97 Å². The van der Waals surface area contributed by atoms with Crippen molar-refractivity contribution in [2.75, 3.05) is 6.61 Å². The second kappa shape index (κ2) is 6.62. The topological polar surface area (TPSA) is 52.6 Å². The number of thiol groups is 1. The molecular formula is C19H20O4S. The number of esters is 1. The summed E-state index contributed by atoms with van der Waals surface area (Å²) in [5.74, 6) is 1.59. The van der Waals surface area contributed by atoms with Gasteiger partial charge in [-0.1, -0.05) is 36.3 Å². The zero-order valence-electron chi connectivity index (χ0n) is 13.4. The number of hydrogen-bond donors (Lipinski definition) is 1. The standard InChI is InChI=1S/C19H20O4S/c1-2-10-23-18-8-9-19(13-18,17(21)24)15(11-18)16(20)22-12-14-6-4-3-5-7-14/h1,3-7,15H,8-13H2,(H,21,24). The van der Waals surface area contributed by atoms with E-state index in [2.05, 4.69) is 18.5 Å².